The van der Waals surface area contributed by atoms with Crippen LogP contribution in [0.2, 0.25) is 0 Å². The van der Waals surface area contributed by atoms with Gasteiger partial charge in [-0.05, 0) is 37.3 Å². The second-order valence-electron chi connectivity index (χ2n) is 8.39. The van der Waals surface area contributed by atoms with Crippen LogP contribution in [0, 0.1) is 5.92 Å². The molecule has 2 aliphatic rings. The van der Waals surface area contributed by atoms with Crippen molar-refractivity contribution in [3.63, 3.8) is 0 Å². The zero-order valence-electron chi connectivity index (χ0n) is 18.2. The minimum Gasteiger partial charge on any atom is -0.379 e. The van der Waals surface area contributed by atoms with E-state index in [0.29, 0.717) is 25.4 Å². The lowest BCUT2D eigenvalue weighted by atomic mass is 9.93. The largest absolute Gasteiger partial charge is 0.379 e. The number of nitrogens with zero attached hydrogens (tertiary/aromatic N) is 3. The molecule has 0 aromatic heterocycles. The summed E-state index contributed by atoms with van der Waals surface area (Å²) in [6.45, 7) is 7.56. The number of likely N-dealkylation sites (tertiary alicyclic amines) is 1. The summed E-state index contributed by atoms with van der Waals surface area (Å²) < 4.78 is 5.40. The molecule has 0 atom stereocenters. The number of hydrogen-bond acceptors (Lipinski definition) is 4. The van der Waals surface area contributed by atoms with Crippen LogP contribution in [0.15, 0.2) is 30.3 Å². The first-order chi connectivity index (χ1) is 14.6. The molecule has 2 fully saturated rings. The molecule has 30 heavy (non-hydrogen) atoms. The van der Waals surface area contributed by atoms with Crippen molar-refractivity contribution >= 4 is 11.9 Å². The van der Waals surface area contributed by atoms with Crippen molar-refractivity contribution in [3.8, 4) is 0 Å². The Labute approximate surface area is 180 Å². The fourth-order valence-electron chi connectivity index (χ4n) is 4.16. The van der Waals surface area contributed by atoms with E-state index in [-0.39, 0.29) is 11.9 Å². The molecule has 0 saturated carbocycles. The molecule has 3 rings (SSSR count). The monoisotopic (exact) mass is 416 g/mol. The molecular weight excluding hydrogens is 380 g/mol. The van der Waals surface area contributed by atoms with Gasteiger partial charge in [-0.25, -0.2) is 4.79 Å². The molecule has 166 valence electrons. The minimum absolute atomic E-state index is 0.145. The van der Waals surface area contributed by atoms with Gasteiger partial charge >= 0.3 is 6.03 Å². The van der Waals surface area contributed by atoms with Gasteiger partial charge in [0.1, 0.15) is 0 Å². The number of amides is 3. The first-order valence-corrected chi connectivity index (χ1v) is 11.2. The Morgan fingerprint density at radius 1 is 1.10 bits per heavy atom. The lowest BCUT2D eigenvalue weighted by molar-refractivity contribution is -0.132. The smallest absolute Gasteiger partial charge is 0.317 e. The summed E-state index contributed by atoms with van der Waals surface area (Å²) in [6.07, 6.45) is 3.75. The predicted molar refractivity (Wildman–Crippen MR) is 117 cm³/mol. The van der Waals surface area contributed by atoms with Gasteiger partial charge in [0.2, 0.25) is 5.91 Å². The number of carbonyl (C=O) groups excluding carboxylic acids is 2. The zero-order chi connectivity index (χ0) is 21.2. The third kappa shape index (κ3) is 7.29. The molecule has 7 nitrogen and oxygen atoms in total. The van der Waals surface area contributed by atoms with Gasteiger partial charge in [-0.3, -0.25) is 9.69 Å². The highest BCUT2D eigenvalue weighted by Crippen LogP contribution is 2.21. The lowest BCUT2D eigenvalue weighted by Gasteiger charge is -2.34. The molecule has 2 saturated heterocycles. The number of benzene rings is 1. The molecule has 0 spiro atoms. The molecule has 2 aliphatic heterocycles. The van der Waals surface area contributed by atoms with Crippen LogP contribution in [0.3, 0.4) is 0 Å². The van der Waals surface area contributed by atoms with Gasteiger partial charge in [0.15, 0.2) is 0 Å². The van der Waals surface area contributed by atoms with Gasteiger partial charge in [-0.1, -0.05) is 30.3 Å². The number of hydrogen-bond donors (Lipinski definition) is 1. The second-order valence-corrected chi connectivity index (χ2v) is 8.39. The maximum atomic E-state index is 12.5. The number of nitrogens with one attached hydrogen (secondary N) is 1. The van der Waals surface area contributed by atoms with E-state index in [9.17, 15) is 9.59 Å². The highest BCUT2D eigenvalue weighted by molar-refractivity contribution is 5.78. The standard InChI is InChI=1S/C23H36N4O3/c1-25(19-21-5-3-2-4-6-21)23(29)24-11-7-22(28)27-13-9-20(10-14-27)8-12-26-15-17-30-18-16-26/h2-6,20H,7-19H2,1H3,(H,24,29). The molecule has 2 heterocycles. The molecular formula is C23H36N4O3. The lowest BCUT2D eigenvalue weighted by Crippen LogP contribution is -2.42. The topological polar surface area (TPSA) is 65.1 Å². The summed E-state index contributed by atoms with van der Waals surface area (Å²) in [4.78, 5) is 30.8. The maximum absolute atomic E-state index is 12.5. The third-order valence-electron chi connectivity index (χ3n) is 6.15. The van der Waals surface area contributed by atoms with Gasteiger partial charge in [-0.15, -0.1) is 0 Å². The van der Waals surface area contributed by atoms with Crippen LogP contribution in [-0.2, 0) is 16.1 Å². The van der Waals surface area contributed by atoms with Gasteiger partial charge in [0.25, 0.3) is 0 Å². The zero-order valence-corrected chi connectivity index (χ0v) is 18.2. The molecule has 3 amide bonds. The van der Waals surface area contributed by atoms with Crippen LogP contribution in [-0.4, -0.2) is 86.2 Å². The Hall–Kier alpha value is -2.12. The summed E-state index contributed by atoms with van der Waals surface area (Å²) in [6, 6.07) is 9.74. The summed E-state index contributed by atoms with van der Waals surface area (Å²) in [7, 11) is 1.77. The van der Waals surface area contributed by atoms with E-state index >= 15 is 0 Å². The van der Waals surface area contributed by atoms with E-state index in [1.165, 1.54) is 6.42 Å². The van der Waals surface area contributed by atoms with E-state index in [1.54, 1.807) is 11.9 Å². The Morgan fingerprint density at radius 3 is 2.50 bits per heavy atom. The van der Waals surface area contributed by atoms with E-state index in [1.807, 2.05) is 35.2 Å². The summed E-state index contributed by atoms with van der Waals surface area (Å²) in [5, 5.41) is 2.86. The van der Waals surface area contributed by atoms with Gasteiger partial charge in [-0.2, -0.15) is 0 Å². The molecule has 7 heteroatoms. The van der Waals surface area contributed by atoms with Crippen molar-refractivity contribution in [1.29, 1.82) is 0 Å². The Balaban J connectivity index is 1.27. The van der Waals surface area contributed by atoms with Crippen LogP contribution in [0.25, 0.3) is 0 Å². The summed E-state index contributed by atoms with van der Waals surface area (Å²) in [5.41, 5.74) is 1.09. The van der Waals surface area contributed by atoms with E-state index in [0.717, 1.165) is 64.3 Å². The molecule has 0 bridgehead atoms. The van der Waals surface area contributed by atoms with E-state index in [4.69, 9.17) is 4.74 Å². The van der Waals surface area contributed by atoms with Crippen molar-refractivity contribution in [1.82, 2.24) is 20.0 Å². The first-order valence-electron chi connectivity index (χ1n) is 11.2. The SMILES string of the molecule is CN(Cc1ccccc1)C(=O)NCCC(=O)N1CCC(CCN2CCOCC2)CC1. The predicted octanol–water partition coefficient (Wildman–Crippen LogP) is 2.18. The van der Waals surface area contributed by atoms with Crippen molar-refractivity contribution in [2.45, 2.75) is 32.2 Å². The van der Waals surface area contributed by atoms with Gasteiger partial charge in [0, 0.05) is 52.7 Å². The van der Waals surface area contributed by atoms with Gasteiger partial charge in [0.05, 0.1) is 13.2 Å². The minimum atomic E-state index is -0.145. The Bertz CT molecular complexity index is 656. The first kappa shape index (κ1) is 22.6. The summed E-state index contributed by atoms with van der Waals surface area (Å²) in [5.74, 6) is 0.857. The number of piperidine rings is 1. The van der Waals surface area contributed by atoms with Crippen LogP contribution >= 0.6 is 0 Å². The third-order valence-corrected chi connectivity index (χ3v) is 6.15. The highest BCUT2D eigenvalue weighted by Gasteiger charge is 2.23. The molecule has 1 aromatic carbocycles. The summed E-state index contributed by atoms with van der Waals surface area (Å²) >= 11 is 0. The highest BCUT2D eigenvalue weighted by atomic mass is 16.5. The average Bonchev–Trinajstić information content (AvgIpc) is 2.79. The van der Waals surface area contributed by atoms with E-state index in [2.05, 4.69) is 10.2 Å². The Kier molecular flexibility index (Phi) is 8.96. The number of urea groups is 1. The number of morpholine rings is 1. The molecule has 1 aromatic rings. The number of ether oxygens (including phenoxy) is 1. The van der Waals surface area contributed by atoms with Crippen LogP contribution in [0.4, 0.5) is 4.79 Å². The quantitative estimate of drug-likeness (QED) is 0.706. The fraction of sp³-hybridized carbons (Fsp3) is 0.652. The fourth-order valence-corrected chi connectivity index (χ4v) is 4.16. The second kappa shape index (κ2) is 11.9. The Morgan fingerprint density at radius 2 is 1.80 bits per heavy atom. The van der Waals surface area contributed by atoms with Gasteiger partial charge < -0.3 is 19.9 Å². The van der Waals surface area contributed by atoms with Crippen molar-refractivity contribution in [2.75, 3.05) is 59.5 Å². The van der Waals surface area contributed by atoms with E-state index < -0.39 is 0 Å². The normalized spacial score (nSPS) is 18.2. The van der Waals surface area contributed by atoms with Crippen molar-refractivity contribution in [3.05, 3.63) is 35.9 Å². The molecule has 0 aliphatic carbocycles. The van der Waals surface area contributed by atoms with Crippen LogP contribution in [0.5, 0.6) is 0 Å². The van der Waals surface area contributed by atoms with Crippen LogP contribution < -0.4 is 5.32 Å². The maximum Gasteiger partial charge on any atom is 0.317 e. The van der Waals surface area contributed by atoms with Crippen LogP contribution in [0.1, 0.15) is 31.2 Å². The molecule has 0 unspecified atom stereocenters. The molecule has 1 N–H and O–H groups in total. The number of rotatable bonds is 8. The number of carbonyl (C=O) groups is 2. The molecule has 0 radical (unpaired) electrons. The average molecular weight is 417 g/mol. The van der Waals surface area contributed by atoms with Crippen molar-refractivity contribution in [2.24, 2.45) is 5.92 Å². The van der Waals surface area contributed by atoms with Crippen molar-refractivity contribution < 1.29 is 14.3 Å².